The summed E-state index contributed by atoms with van der Waals surface area (Å²) in [5, 5.41) is 3.36. The van der Waals surface area contributed by atoms with Crippen molar-refractivity contribution in [1.29, 1.82) is 0 Å². The number of azide groups is 1. The Labute approximate surface area is 115 Å². The first-order valence-corrected chi connectivity index (χ1v) is 6.28. The fourth-order valence-electron chi connectivity index (χ4n) is 2.08. The summed E-state index contributed by atoms with van der Waals surface area (Å²) in [5.41, 5.74) is 9.03. The molecule has 2 amide bonds. The van der Waals surface area contributed by atoms with Gasteiger partial charge in [0.15, 0.2) is 0 Å². The average molecular weight is 274 g/mol. The summed E-state index contributed by atoms with van der Waals surface area (Å²) in [5.74, 6) is -0.311. The van der Waals surface area contributed by atoms with E-state index in [9.17, 15) is 9.59 Å². The van der Waals surface area contributed by atoms with Crippen molar-refractivity contribution < 1.29 is 14.3 Å². The van der Waals surface area contributed by atoms with Crippen molar-refractivity contribution >= 4 is 12.0 Å². The Morgan fingerprint density at radius 3 is 2.90 bits per heavy atom. The summed E-state index contributed by atoms with van der Waals surface area (Å²) in [6, 6.07) is 8.90. The van der Waals surface area contributed by atoms with E-state index in [2.05, 4.69) is 10.0 Å². The Hall–Kier alpha value is -2.53. The van der Waals surface area contributed by atoms with Gasteiger partial charge in [-0.15, -0.1) is 0 Å². The van der Waals surface area contributed by atoms with Crippen LogP contribution in [0.2, 0.25) is 0 Å². The van der Waals surface area contributed by atoms with Crippen molar-refractivity contribution in [2.45, 2.75) is 18.9 Å². The van der Waals surface area contributed by atoms with Crippen LogP contribution in [0.15, 0.2) is 35.4 Å². The SMILES string of the molecule is [N-]=[N+]=NCCCC(=O)N1C(=O)OCC1c1ccccc1. The molecule has 1 aromatic carbocycles. The highest BCUT2D eigenvalue weighted by Gasteiger charge is 2.38. The van der Waals surface area contributed by atoms with Crippen molar-refractivity contribution in [1.82, 2.24) is 4.90 Å². The molecule has 1 heterocycles. The van der Waals surface area contributed by atoms with Crippen LogP contribution < -0.4 is 0 Å². The van der Waals surface area contributed by atoms with Crippen LogP contribution in [0.4, 0.5) is 4.79 Å². The van der Waals surface area contributed by atoms with Gasteiger partial charge in [-0.2, -0.15) is 0 Å². The Kier molecular flexibility index (Phi) is 4.57. The highest BCUT2D eigenvalue weighted by molar-refractivity contribution is 5.93. The van der Waals surface area contributed by atoms with Gasteiger partial charge < -0.3 is 4.74 Å². The predicted octanol–water partition coefficient (Wildman–Crippen LogP) is 2.80. The quantitative estimate of drug-likeness (QED) is 0.357. The maximum Gasteiger partial charge on any atom is 0.417 e. The van der Waals surface area contributed by atoms with Crippen LogP contribution in [-0.2, 0) is 9.53 Å². The zero-order valence-corrected chi connectivity index (χ0v) is 10.8. The first kappa shape index (κ1) is 13.9. The summed E-state index contributed by atoms with van der Waals surface area (Å²) < 4.78 is 4.97. The second kappa shape index (κ2) is 6.58. The maximum atomic E-state index is 12.1. The molecule has 1 fully saturated rings. The normalized spacial score (nSPS) is 17.5. The monoisotopic (exact) mass is 274 g/mol. The van der Waals surface area contributed by atoms with E-state index < -0.39 is 6.09 Å². The standard InChI is InChI=1S/C13H14N4O3/c14-16-15-8-4-7-12(18)17-11(9-20-13(17)19)10-5-2-1-3-6-10/h1-3,5-6,11H,4,7-9H2. The van der Waals surface area contributed by atoms with Crippen molar-refractivity contribution in [2.75, 3.05) is 13.2 Å². The third-order valence-corrected chi connectivity index (χ3v) is 3.04. The number of benzene rings is 1. The molecule has 7 heteroatoms. The van der Waals surface area contributed by atoms with Crippen LogP contribution in [0.3, 0.4) is 0 Å². The van der Waals surface area contributed by atoms with Crippen LogP contribution in [0, 0.1) is 0 Å². The Bertz CT molecular complexity index is 540. The zero-order valence-electron chi connectivity index (χ0n) is 10.8. The highest BCUT2D eigenvalue weighted by Crippen LogP contribution is 2.28. The molecule has 1 saturated heterocycles. The fourth-order valence-corrected chi connectivity index (χ4v) is 2.08. The third kappa shape index (κ3) is 3.07. The largest absolute Gasteiger partial charge is 0.446 e. The highest BCUT2D eigenvalue weighted by atomic mass is 16.6. The molecular formula is C13H14N4O3. The molecule has 0 radical (unpaired) electrons. The number of imide groups is 1. The maximum absolute atomic E-state index is 12.1. The Morgan fingerprint density at radius 2 is 2.20 bits per heavy atom. The molecule has 0 aliphatic carbocycles. The first-order chi connectivity index (χ1) is 9.74. The van der Waals surface area contributed by atoms with Gasteiger partial charge in [0.05, 0.1) is 0 Å². The van der Waals surface area contributed by atoms with E-state index in [4.69, 9.17) is 10.3 Å². The first-order valence-electron chi connectivity index (χ1n) is 6.28. The Morgan fingerprint density at radius 1 is 1.45 bits per heavy atom. The second-order valence-electron chi connectivity index (χ2n) is 4.33. The molecule has 1 atom stereocenters. The van der Waals surface area contributed by atoms with E-state index in [-0.39, 0.29) is 31.5 Å². The number of carbonyl (C=O) groups excluding carboxylic acids is 2. The number of nitrogens with zero attached hydrogens (tertiary/aromatic N) is 4. The number of hydrogen-bond acceptors (Lipinski definition) is 4. The minimum absolute atomic E-state index is 0.150. The summed E-state index contributed by atoms with van der Waals surface area (Å²) in [4.78, 5) is 27.5. The van der Waals surface area contributed by atoms with E-state index in [1.54, 1.807) is 0 Å². The van der Waals surface area contributed by atoms with Crippen LogP contribution in [0.1, 0.15) is 24.4 Å². The molecule has 1 aliphatic rings. The molecule has 0 N–H and O–H groups in total. The van der Waals surface area contributed by atoms with Gasteiger partial charge in [-0.25, -0.2) is 9.69 Å². The minimum Gasteiger partial charge on any atom is -0.446 e. The number of rotatable bonds is 5. The molecule has 0 saturated carbocycles. The molecule has 1 aliphatic heterocycles. The van der Waals surface area contributed by atoms with Gasteiger partial charge in [-0.3, -0.25) is 4.79 Å². The molecule has 0 spiro atoms. The van der Waals surface area contributed by atoms with Crippen LogP contribution in [-0.4, -0.2) is 30.1 Å². The molecule has 20 heavy (non-hydrogen) atoms. The van der Waals surface area contributed by atoms with Gasteiger partial charge in [0.25, 0.3) is 0 Å². The molecule has 1 unspecified atom stereocenters. The lowest BCUT2D eigenvalue weighted by molar-refractivity contribution is -0.129. The van der Waals surface area contributed by atoms with Crippen molar-refractivity contribution in [3.05, 3.63) is 46.3 Å². The van der Waals surface area contributed by atoms with Crippen LogP contribution in [0.5, 0.6) is 0 Å². The molecule has 104 valence electrons. The predicted molar refractivity (Wildman–Crippen MR) is 70.6 cm³/mol. The van der Waals surface area contributed by atoms with Crippen molar-refractivity contribution in [3.63, 3.8) is 0 Å². The second-order valence-corrected chi connectivity index (χ2v) is 4.33. The van der Waals surface area contributed by atoms with E-state index in [1.807, 2.05) is 30.3 Å². The van der Waals surface area contributed by atoms with Gasteiger partial charge in [0.2, 0.25) is 5.91 Å². The minimum atomic E-state index is -0.618. The van der Waals surface area contributed by atoms with Gasteiger partial charge >= 0.3 is 6.09 Å². The lowest BCUT2D eigenvalue weighted by Crippen LogP contribution is -2.34. The number of amides is 2. The number of hydrogen-bond donors (Lipinski definition) is 0. The van der Waals surface area contributed by atoms with Gasteiger partial charge in [0, 0.05) is 17.9 Å². The lowest BCUT2D eigenvalue weighted by Gasteiger charge is -2.19. The molecule has 7 nitrogen and oxygen atoms in total. The average Bonchev–Trinajstić information content (AvgIpc) is 2.86. The van der Waals surface area contributed by atoms with Crippen LogP contribution >= 0.6 is 0 Å². The summed E-state index contributed by atoms with van der Waals surface area (Å²) in [6.07, 6.45) is -0.0568. The van der Waals surface area contributed by atoms with Crippen LogP contribution in [0.25, 0.3) is 10.4 Å². The topological polar surface area (TPSA) is 95.4 Å². The van der Waals surface area contributed by atoms with Gasteiger partial charge in [-0.05, 0) is 17.5 Å². The number of carbonyl (C=O) groups is 2. The van der Waals surface area contributed by atoms with Crippen molar-refractivity contribution in [3.8, 4) is 0 Å². The smallest absolute Gasteiger partial charge is 0.417 e. The van der Waals surface area contributed by atoms with Crippen molar-refractivity contribution in [2.24, 2.45) is 5.11 Å². The molecule has 2 rings (SSSR count). The molecule has 0 aromatic heterocycles. The summed E-state index contributed by atoms with van der Waals surface area (Å²) in [7, 11) is 0. The van der Waals surface area contributed by atoms with E-state index >= 15 is 0 Å². The zero-order chi connectivity index (χ0) is 14.4. The summed E-state index contributed by atoms with van der Waals surface area (Å²) >= 11 is 0. The van der Waals surface area contributed by atoms with Gasteiger partial charge in [-0.1, -0.05) is 35.4 Å². The van der Waals surface area contributed by atoms with E-state index in [0.29, 0.717) is 6.42 Å². The summed E-state index contributed by atoms with van der Waals surface area (Å²) in [6.45, 7) is 0.409. The Balaban J connectivity index is 2.05. The molecule has 0 bridgehead atoms. The lowest BCUT2D eigenvalue weighted by atomic mass is 10.1. The van der Waals surface area contributed by atoms with Gasteiger partial charge in [0.1, 0.15) is 12.6 Å². The van der Waals surface area contributed by atoms with E-state index in [1.165, 1.54) is 0 Å². The molecular weight excluding hydrogens is 260 g/mol. The fraction of sp³-hybridized carbons (Fsp3) is 0.385. The molecule has 1 aromatic rings. The number of cyclic esters (lactones) is 1. The number of ether oxygens (including phenoxy) is 1. The van der Waals surface area contributed by atoms with E-state index in [0.717, 1.165) is 10.5 Å². The third-order valence-electron chi connectivity index (χ3n) is 3.04.